The number of rotatable bonds is 6. The summed E-state index contributed by atoms with van der Waals surface area (Å²) in [5, 5.41) is -1.13. The molecule has 0 aliphatic rings. The maximum atomic E-state index is 11.8. The summed E-state index contributed by atoms with van der Waals surface area (Å²) in [5.41, 5.74) is 0. The minimum Gasteiger partial charge on any atom is -0.199 e. The van der Waals surface area contributed by atoms with Crippen LogP contribution in [0.15, 0.2) is 0 Å². The zero-order valence-corrected chi connectivity index (χ0v) is 10.4. The van der Waals surface area contributed by atoms with Crippen LogP contribution in [0.2, 0.25) is 0 Å². The van der Waals surface area contributed by atoms with Crippen LogP contribution >= 0.6 is 0 Å². The highest BCUT2D eigenvalue weighted by molar-refractivity contribution is 7.87. The van der Waals surface area contributed by atoms with Gasteiger partial charge in [-0.3, -0.25) is 0 Å². The van der Waals surface area contributed by atoms with Gasteiger partial charge < -0.3 is 0 Å². The molecule has 0 rings (SSSR count). The van der Waals surface area contributed by atoms with Crippen molar-refractivity contribution in [3.05, 3.63) is 0 Å². The maximum absolute atomic E-state index is 11.8. The van der Waals surface area contributed by atoms with Gasteiger partial charge in [0.15, 0.2) is 0 Å². The molecule has 0 N–H and O–H groups in total. The molecular formula is C9H17F3O3S. The van der Waals surface area contributed by atoms with Crippen LogP contribution in [0.3, 0.4) is 0 Å². The summed E-state index contributed by atoms with van der Waals surface area (Å²) < 4.78 is 60.6. The highest BCUT2D eigenvalue weighted by Gasteiger charge is 2.39. The number of halogens is 3. The largest absolute Gasteiger partial charge is 0.537 e. The third-order valence-corrected chi connectivity index (χ3v) is 3.74. The van der Waals surface area contributed by atoms with E-state index in [0.717, 1.165) is 6.42 Å². The van der Waals surface area contributed by atoms with Crippen molar-refractivity contribution in [3.8, 4) is 0 Å². The van der Waals surface area contributed by atoms with E-state index in [9.17, 15) is 21.6 Å². The molecule has 7 heteroatoms. The standard InChI is InChI=1S/C9H17F3O3S/c1-7(2)5-4-6-8(3)16(13,14)15-9(10,11)12/h7-8H,4-6H2,1-3H3. The van der Waals surface area contributed by atoms with Crippen LogP contribution in [-0.2, 0) is 14.3 Å². The zero-order chi connectivity index (χ0) is 13.0. The third-order valence-electron chi connectivity index (χ3n) is 2.10. The highest BCUT2D eigenvalue weighted by Crippen LogP contribution is 2.24. The Morgan fingerprint density at radius 2 is 1.62 bits per heavy atom. The summed E-state index contributed by atoms with van der Waals surface area (Å²) in [7, 11) is -4.54. The second kappa shape index (κ2) is 5.86. The summed E-state index contributed by atoms with van der Waals surface area (Å²) in [6, 6.07) is 0. The van der Waals surface area contributed by atoms with Crippen molar-refractivity contribution in [2.24, 2.45) is 5.92 Å². The smallest absolute Gasteiger partial charge is 0.199 e. The second-order valence-electron chi connectivity index (χ2n) is 4.16. The monoisotopic (exact) mass is 262 g/mol. The van der Waals surface area contributed by atoms with E-state index in [4.69, 9.17) is 0 Å². The van der Waals surface area contributed by atoms with Gasteiger partial charge in [-0.1, -0.05) is 26.7 Å². The lowest BCUT2D eigenvalue weighted by molar-refractivity contribution is -0.272. The molecule has 0 saturated heterocycles. The quantitative estimate of drug-likeness (QED) is 0.691. The minimum absolute atomic E-state index is 0.177. The summed E-state index contributed by atoms with van der Waals surface area (Å²) in [6.07, 6.45) is -3.60. The minimum atomic E-state index is -5.13. The van der Waals surface area contributed by atoms with Crippen LogP contribution in [0, 0.1) is 5.92 Å². The van der Waals surface area contributed by atoms with Crippen molar-refractivity contribution in [3.63, 3.8) is 0 Å². The maximum Gasteiger partial charge on any atom is 0.537 e. The fourth-order valence-electron chi connectivity index (χ4n) is 1.17. The fourth-order valence-corrected chi connectivity index (χ4v) is 2.05. The normalized spacial score (nSPS) is 15.4. The molecular weight excluding hydrogens is 245 g/mol. The topological polar surface area (TPSA) is 43.4 Å². The van der Waals surface area contributed by atoms with Gasteiger partial charge in [0, 0.05) is 0 Å². The van der Waals surface area contributed by atoms with Crippen molar-refractivity contribution in [2.75, 3.05) is 0 Å². The second-order valence-corrected chi connectivity index (χ2v) is 6.11. The van der Waals surface area contributed by atoms with Gasteiger partial charge in [-0.2, -0.15) is 12.6 Å². The molecule has 0 saturated carbocycles. The summed E-state index contributed by atoms with van der Waals surface area (Å²) in [4.78, 5) is 0. The molecule has 0 aliphatic carbocycles. The van der Waals surface area contributed by atoms with E-state index in [2.05, 4.69) is 4.18 Å². The Balaban J connectivity index is 4.21. The molecule has 0 amide bonds. The Bertz CT molecular complexity index is 296. The van der Waals surface area contributed by atoms with Crippen LogP contribution in [0.5, 0.6) is 0 Å². The number of hydrogen-bond acceptors (Lipinski definition) is 3. The lowest BCUT2D eigenvalue weighted by atomic mass is 10.1. The molecule has 0 aromatic heterocycles. The van der Waals surface area contributed by atoms with Crippen LogP contribution in [0.25, 0.3) is 0 Å². The third kappa shape index (κ3) is 7.05. The van der Waals surface area contributed by atoms with E-state index in [0.29, 0.717) is 12.3 Å². The summed E-state index contributed by atoms with van der Waals surface area (Å²) >= 11 is 0. The zero-order valence-electron chi connectivity index (χ0n) is 9.54. The molecule has 3 nitrogen and oxygen atoms in total. The first kappa shape index (κ1) is 15.7. The summed E-state index contributed by atoms with van der Waals surface area (Å²) in [6.45, 7) is 5.15. The molecule has 16 heavy (non-hydrogen) atoms. The first-order valence-electron chi connectivity index (χ1n) is 5.06. The van der Waals surface area contributed by atoms with Crippen LogP contribution in [-0.4, -0.2) is 20.0 Å². The predicted molar refractivity (Wildman–Crippen MR) is 54.2 cm³/mol. The molecule has 0 aromatic rings. The molecule has 1 atom stereocenters. The van der Waals surface area contributed by atoms with Crippen molar-refractivity contribution in [1.82, 2.24) is 0 Å². The van der Waals surface area contributed by atoms with Crippen molar-refractivity contribution < 1.29 is 25.8 Å². The molecule has 1 unspecified atom stereocenters. The highest BCUT2D eigenvalue weighted by atomic mass is 32.2. The van der Waals surface area contributed by atoms with Gasteiger partial charge >= 0.3 is 6.36 Å². The van der Waals surface area contributed by atoms with Crippen molar-refractivity contribution in [1.29, 1.82) is 0 Å². The number of hydrogen-bond donors (Lipinski definition) is 0. The Morgan fingerprint density at radius 1 is 1.12 bits per heavy atom. The van der Waals surface area contributed by atoms with Gasteiger partial charge in [-0.15, -0.1) is 13.2 Å². The van der Waals surface area contributed by atoms with E-state index in [1.54, 1.807) is 0 Å². The average molecular weight is 262 g/mol. The fraction of sp³-hybridized carbons (Fsp3) is 1.00. The van der Waals surface area contributed by atoms with Crippen molar-refractivity contribution in [2.45, 2.75) is 51.6 Å². The summed E-state index contributed by atoms with van der Waals surface area (Å²) in [5.74, 6) is 0.401. The Labute approximate surface area is 94.1 Å². The van der Waals surface area contributed by atoms with E-state index in [-0.39, 0.29) is 6.42 Å². The van der Waals surface area contributed by atoms with E-state index in [1.807, 2.05) is 13.8 Å². The van der Waals surface area contributed by atoms with Crippen molar-refractivity contribution >= 4 is 10.1 Å². The van der Waals surface area contributed by atoms with Gasteiger partial charge in [0.2, 0.25) is 0 Å². The molecule has 0 spiro atoms. The van der Waals surface area contributed by atoms with Gasteiger partial charge in [-0.25, -0.2) is 0 Å². The SMILES string of the molecule is CC(C)CCCC(C)S(=O)(=O)OC(F)(F)F. The van der Waals surface area contributed by atoms with E-state index >= 15 is 0 Å². The molecule has 98 valence electrons. The molecule has 0 aliphatic heterocycles. The van der Waals surface area contributed by atoms with Gasteiger partial charge in [0.05, 0.1) is 5.25 Å². The first-order chi connectivity index (χ1) is 7.04. The predicted octanol–water partition coefficient (Wildman–Crippen LogP) is 3.07. The molecule has 0 fully saturated rings. The van der Waals surface area contributed by atoms with Crippen LogP contribution < -0.4 is 0 Å². The van der Waals surface area contributed by atoms with E-state index < -0.39 is 21.7 Å². The number of alkyl halides is 3. The molecule has 0 bridgehead atoms. The molecule has 0 heterocycles. The molecule has 0 radical (unpaired) electrons. The van der Waals surface area contributed by atoms with Gasteiger partial charge in [-0.05, 0) is 19.3 Å². The lowest BCUT2D eigenvalue weighted by Gasteiger charge is -2.14. The Morgan fingerprint density at radius 3 is 2.00 bits per heavy atom. The van der Waals surface area contributed by atoms with Gasteiger partial charge in [0.25, 0.3) is 10.1 Å². The average Bonchev–Trinajstić information content (AvgIpc) is 1.98. The van der Waals surface area contributed by atoms with Crippen LogP contribution in [0.4, 0.5) is 13.2 Å². The molecule has 0 aromatic carbocycles. The Kier molecular flexibility index (Phi) is 5.75. The first-order valence-corrected chi connectivity index (χ1v) is 6.53. The lowest BCUT2D eigenvalue weighted by Crippen LogP contribution is -2.27. The van der Waals surface area contributed by atoms with Crippen LogP contribution in [0.1, 0.15) is 40.0 Å². The Hall–Kier alpha value is -0.300. The van der Waals surface area contributed by atoms with E-state index in [1.165, 1.54) is 6.92 Å². The van der Waals surface area contributed by atoms with Gasteiger partial charge in [0.1, 0.15) is 0 Å².